The van der Waals surface area contributed by atoms with Gasteiger partial charge in [-0.25, -0.2) is 4.79 Å². The highest BCUT2D eigenvalue weighted by Gasteiger charge is 2.15. The van der Waals surface area contributed by atoms with E-state index in [9.17, 15) is 4.79 Å². The number of aryl methyl sites for hydroxylation is 1. The number of amides is 2. The largest absolute Gasteiger partial charge is 0.497 e. The van der Waals surface area contributed by atoms with Crippen LogP contribution in [0.15, 0.2) is 42.5 Å². The molecular formula is C20H26N2O4. The summed E-state index contributed by atoms with van der Waals surface area (Å²) in [5.74, 6) is 2.20. The summed E-state index contributed by atoms with van der Waals surface area (Å²) < 4.78 is 16.2. The maximum atomic E-state index is 12.1. The van der Waals surface area contributed by atoms with Crippen LogP contribution in [-0.2, 0) is 0 Å². The summed E-state index contributed by atoms with van der Waals surface area (Å²) in [4.78, 5) is 12.1. The quantitative estimate of drug-likeness (QED) is 0.709. The van der Waals surface area contributed by atoms with Gasteiger partial charge in [0.1, 0.15) is 23.9 Å². The Balaban J connectivity index is 1.82. The van der Waals surface area contributed by atoms with Crippen LogP contribution in [0.3, 0.4) is 0 Å². The number of hydrogen-bond donors (Lipinski definition) is 2. The second-order valence-electron chi connectivity index (χ2n) is 5.89. The highest BCUT2D eigenvalue weighted by atomic mass is 16.5. The minimum atomic E-state index is -0.268. The Hall–Kier alpha value is -2.89. The Bertz CT molecular complexity index is 734. The summed E-state index contributed by atoms with van der Waals surface area (Å²) in [7, 11) is 3.20. The fourth-order valence-electron chi connectivity index (χ4n) is 2.54. The zero-order valence-electron chi connectivity index (χ0n) is 15.7. The Labute approximate surface area is 154 Å². The van der Waals surface area contributed by atoms with Gasteiger partial charge in [-0.05, 0) is 49.7 Å². The fourth-order valence-corrected chi connectivity index (χ4v) is 2.54. The van der Waals surface area contributed by atoms with Gasteiger partial charge in [-0.3, -0.25) is 0 Å². The molecule has 2 aromatic carbocycles. The van der Waals surface area contributed by atoms with Gasteiger partial charge in [0.15, 0.2) is 0 Å². The topological polar surface area (TPSA) is 68.8 Å². The zero-order chi connectivity index (χ0) is 18.9. The number of urea groups is 1. The normalized spacial score (nSPS) is 11.4. The molecule has 0 heterocycles. The van der Waals surface area contributed by atoms with Crippen LogP contribution in [0.1, 0.15) is 24.1 Å². The Morgan fingerprint density at radius 2 is 1.88 bits per heavy atom. The van der Waals surface area contributed by atoms with Gasteiger partial charge in [-0.1, -0.05) is 12.1 Å². The third kappa shape index (κ3) is 5.58. The average molecular weight is 358 g/mol. The van der Waals surface area contributed by atoms with Crippen molar-refractivity contribution in [1.29, 1.82) is 0 Å². The molecule has 2 amide bonds. The molecule has 2 rings (SSSR count). The molecule has 2 aromatic rings. The number of ether oxygens (including phenoxy) is 3. The zero-order valence-corrected chi connectivity index (χ0v) is 15.7. The molecule has 0 aliphatic rings. The van der Waals surface area contributed by atoms with E-state index in [1.165, 1.54) is 0 Å². The van der Waals surface area contributed by atoms with Gasteiger partial charge in [0.25, 0.3) is 0 Å². The van der Waals surface area contributed by atoms with Gasteiger partial charge < -0.3 is 24.8 Å². The summed E-state index contributed by atoms with van der Waals surface area (Å²) in [5, 5.41) is 5.68. The molecule has 26 heavy (non-hydrogen) atoms. The molecule has 0 fully saturated rings. The Kier molecular flexibility index (Phi) is 7.14. The van der Waals surface area contributed by atoms with Crippen LogP contribution >= 0.6 is 0 Å². The predicted molar refractivity (Wildman–Crippen MR) is 101 cm³/mol. The molecule has 6 nitrogen and oxygen atoms in total. The van der Waals surface area contributed by atoms with Crippen molar-refractivity contribution in [1.82, 2.24) is 10.6 Å². The van der Waals surface area contributed by atoms with Crippen LogP contribution in [0.25, 0.3) is 0 Å². The number of hydrogen-bond acceptors (Lipinski definition) is 4. The van der Waals surface area contributed by atoms with Crippen LogP contribution in [0.5, 0.6) is 17.2 Å². The third-order valence-electron chi connectivity index (χ3n) is 3.90. The number of carbonyl (C=O) groups excluding carboxylic acids is 1. The van der Waals surface area contributed by atoms with Crippen molar-refractivity contribution < 1.29 is 19.0 Å². The van der Waals surface area contributed by atoms with Gasteiger partial charge in [-0.2, -0.15) is 0 Å². The van der Waals surface area contributed by atoms with Crippen LogP contribution in [-0.4, -0.2) is 33.4 Å². The van der Waals surface area contributed by atoms with Gasteiger partial charge in [0.2, 0.25) is 0 Å². The number of methoxy groups -OCH3 is 2. The van der Waals surface area contributed by atoms with Crippen LogP contribution < -0.4 is 24.8 Å². The molecule has 6 heteroatoms. The third-order valence-corrected chi connectivity index (χ3v) is 3.90. The minimum Gasteiger partial charge on any atom is -0.497 e. The summed E-state index contributed by atoms with van der Waals surface area (Å²) in [5.41, 5.74) is 1.98. The minimum absolute atomic E-state index is 0.238. The molecule has 140 valence electrons. The molecule has 0 spiro atoms. The molecule has 0 aliphatic heterocycles. The van der Waals surface area contributed by atoms with E-state index < -0.39 is 0 Å². The molecular weight excluding hydrogens is 332 g/mol. The van der Waals surface area contributed by atoms with E-state index >= 15 is 0 Å². The number of nitrogens with one attached hydrogen (secondary N) is 2. The summed E-state index contributed by atoms with van der Waals surface area (Å²) >= 11 is 0. The van der Waals surface area contributed by atoms with Crippen molar-refractivity contribution in [3.8, 4) is 17.2 Å². The van der Waals surface area contributed by atoms with E-state index in [-0.39, 0.29) is 12.1 Å². The number of carbonyl (C=O) groups is 1. The van der Waals surface area contributed by atoms with Crippen molar-refractivity contribution in [2.24, 2.45) is 0 Å². The lowest BCUT2D eigenvalue weighted by Crippen LogP contribution is -2.39. The first-order chi connectivity index (χ1) is 12.5. The highest BCUT2D eigenvalue weighted by Crippen LogP contribution is 2.29. The van der Waals surface area contributed by atoms with Crippen molar-refractivity contribution in [2.45, 2.75) is 19.9 Å². The first-order valence-corrected chi connectivity index (χ1v) is 8.49. The smallest absolute Gasteiger partial charge is 0.315 e. The second kappa shape index (κ2) is 9.56. The molecule has 0 saturated carbocycles. The average Bonchev–Trinajstić information content (AvgIpc) is 2.64. The summed E-state index contributed by atoms with van der Waals surface area (Å²) in [6.45, 7) is 4.70. The van der Waals surface area contributed by atoms with E-state index in [1.54, 1.807) is 14.2 Å². The highest BCUT2D eigenvalue weighted by molar-refractivity contribution is 5.74. The van der Waals surface area contributed by atoms with E-state index in [1.807, 2.05) is 56.3 Å². The predicted octanol–water partition coefficient (Wildman–Crippen LogP) is 3.45. The molecule has 1 unspecified atom stereocenters. The molecule has 0 aliphatic carbocycles. The lowest BCUT2D eigenvalue weighted by molar-refractivity contribution is 0.233. The molecule has 0 aromatic heterocycles. The first-order valence-electron chi connectivity index (χ1n) is 8.49. The van der Waals surface area contributed by atoms with E-state index in [2.05, 4.69) is 10.6 Å². The lowest BCUT2D eigenvalue weighted by Gasteiger charge is -2.18. The van der Waals surface area contributed by atoms with E-state index in [0.717, 1.165) is 16.9 Å². The summed E-state index contributed by atoms with van der Waals surface area (Å²) in [6.07, 6.45) is 0. The monoisotopic (exact) mass is 358 g/mol. The molecule has 0 saturated heterocycles. The molecule has 1 atom stereocenters. The van der Waals surface area contributed by atoms with Crippen LogP contribution in [0, 0.1) is 6.92 Å². The molecule has 2 N–H and O–H groups in total. The van der Waals surface area contributed by atoms with Crippen molar-refractivity contribution in [3.63, 3.8) is 0 Å². The van der Waals surface area contributed by atoms with Crippen molar-refractivity contribution in [3.05, 3.63) is 53.6 Å². The maximum absolute atomic E-state index is 12.1. The van der Waals surface area contributed by atoms with Crippen molar-refractivity contribution in [2.75, 3.05) is 27.4 Å². The van der Waals surface area contributed by atoms with Crippen molar-refractivity contribution >= 4 is 6.03 Å². The maximum Gasteiger partial charge on any atom is 0.315 e. The van der Waals surface area contributed by atoms with Crippen LogP contribution in [0.4, 0.5) is 4.79 Å². The number of benzene rings is 2. The molecule has 0 radical (unpaired) electrons. The lowest BCUT2D eigenvalue weighted by atomic mass is 10.1. The molecule has 0 bridgehead atoms. The van der Waals surface area contributed by atoms with Gasteiger partial charge >= 0.3 is 6.03 Å². The van der Waals surface area contributed by atoms with Gasteiger partial charge in [0.05, 0.1) is 26.8 Å². The van der Waals surface area contributed by atoms with Crippen LogP contribution in [0.2, 0.25) is 0 Å². The first kappa shape index (κ1) is 19.4. The van der Waals surface area contributed by atoms with Gasteiger partial charge in [0, 0.05) is 5.56 Å². The Morgan fingerprint density at radius 3 is 2.58 bits per heavy atom. The second-order valence-corrected chi connectivity index (χ2v) is 5.89. The number of rotatable bonds is 8. The van der Waals surface area contributed by atoms with E-state index in [0.29, 0.717) is 24.7 Å². The standard InChI is InChI=1S/C20H26N2O4/c1-14-6-5-7-17(12-14)26-11-10-21-20(23)22-15(2)18-13-16(24-3)8-9-19(18)25-4/h5-9,12-13,15H,10-11H2,1-4H3,(H2,21,22,23). The SMILES string of the molecule is COc1ccc(OC)c(C(C)NC(=O)NCCOc2cccc(C)c2)c1. The fraction of sp³-hybridized carbons (Fsp3) is 0.350. The summed E-state index contributed by atoms with van der Waals surface area (Å²) in [6, 6.07) is 12.8. The van der Waals surface area contributed by atoms with E-state index in [4.69, 9.17) is 14.2 Å². The Morgan fingerprint density at radius 1 is 1.08 bits per heavy atom. The van der Waals surface area contributed by atoms with Gasteiger partial charge in [-0.15, -0.1) is 0 Å².